The zero-order chi connectivity index (χ0) is 50.9. The lowest BCUT2D eigenvalue weighted by Crippen LogP contribution is -2.50. The second kappa shape index (κ2) is 21.3. The molecule has 1 amide bonds. The summed E-state index contributed by atoms with van der Waals surface area (Å²) in [6, 6.07) is 0. The Morgan fingerprint density at radius 2 is 1.65 bits per heavy atom. The van der Waals surface area contributed by atoms with Gasteiger partial charge in [-0.05, 0) is 39.4 Å². The van der Waals surface area contributed by atoms with Gasteiger partial charge in [0.2, 0.25) is 5.78 Å². The molecule has 0 aromatic heterocycles. The molecule has 6 aliphatic rings. The zero-order valence-corrected chi connectivity index (χ0v) is 42.0. The van der Waals surface area contributed by atoms with Gasteiger partial charge in [0, 0.05) is 86.9 Å². The Hall–Kier alpha value is -5.40. The summed E-state index contributed by atoms with van der Waals surface area (Å²) in [7, 11) is 3.17. The molecule has 378 valence electrons. The first kappa shape index (κ1) is 53.0. The zero-order valence-electron chi connectivity index (χ0n) is 42.0. The highest BCUT2D eigenvalue weighted by atomic mass is 16.7. The number of phenolic OH excluding ortho intramolecular Hbond substituents is 1. The number of aromatic hydroxyl groups is 1. The van der Waals surface area contributed by atoms with E-state index in [0.717, 1.165) is 6.54 Å². The molecule has 5 heterocycles. The van der Waals surface area contributed by atoms with Crippen LogP contribution in [0.2, 0.25) is 0 Å². The van der Waals surface area contributed by atoms with Crippen LogP contribution >= 0.6 is 0 Å². The number of allylic oxidation sites excluding steroid dienone is 4. The average Bonchev–Trinajstić information content (AvgIpc) is 3.81. The summed E-state index contributed by atoms with van der Waals surface area (Å²) in [6.45, 7) is 20.3. The number of nitrogens with zero attached hydrogens (tertiary/aromatic N) is 3. The molecule has 18 nitrogen and oxygen atoms in total. The molecule has 1 aromatic rings. The fourth-order valence-corrected chi connectivity index (χ4v) is 9.72. The van der Waals surface area contributed by atoms with Crippen molar-refractivity contribution in [3.05, 3.63) is 69.8 Å². The molecule has 1 saturated heterocycles. The van der Waals surface area contributed by atoms with Gasteiger partial charge in [-0.15, -0.1) is 0 Å². The number of Topliss-reactive ketones (excluding diaryl/α,β-unsaturated/α-hetero) is 2. The minimum absolute atomic E-state index is 0.00451. The maximum atomic E-state index is 14.9. The molecule has 9 atom stereocenters. The first-order valence-corrected chi connectivity index (χ1v) is 23.9. The Labute approximate surface area is 404 Å². The quantitative estimate of drug-likeness (QED) is 0.131. The van der Waals surface area contributed by atoms with Gasteiger partial charge < -0.3 is 54.5 Å². The van der Waals surface area contributed by atoms with Gasteiger partial charge in [0.15, 0.2) is 0 Å². The van der Waals surface area contributed by atoms with Crippen molar-refractivity contribution in [1.29, 1.82) is 0 Å². The van der Waals surface area contributed by atoms with Gasteiger partial charge in [-0.2, -0.15) is 0 Å². The molecule has 7 rings (SSSR count). The largest absolute Gasteiger partial charge is 0.507 e. The van der Waals surface area contributed by atoms with E-state index in [0.29, 0.717) is 38.4 Å². The normalized spacial score (nSPS) is 31.3. The van der Waals surface area contributed by atoms with Gasteiger partial charge in [-0.1, -0.05) is 66.7 Å². The number of amides is 1. The molecular weight excluding hydrogens is 891 g/mol. The third-order valence-corrected chi connectivity index (χ3v) is 14.2. The Morgan fingerprint density at radius 1 is 0.971 bits per heavy atom. The summed E-state index contributed by atoms with van der Waals surface area (Å²) >= 11 is 0. The summed E-state index contributed by atoms with van der Waals surface area (Å²) in [6.07, 6.45) is 3.53. The molecule has 0 saturated carbocycles. The number of esters is 2. The molecule has 1 aliphatic carbocycles. The number of fused-ring (bicyclic) bond motifs is 13. The van der Waals surface area contributed by atoms with Crippen LogP contribution in [-0.2, 0) is 33.3 Å². The van der Waals surface area contributed by atoms with Gasteiger partial charge in [0.1, 0.15) is 42.1 Å². The fraction of sp³-hybridized carbons (Fsp3) is 0.608. The van der Waals surface area contributed by atoms with Crippen LogP contribution in [0.4, 0.5) is 0 Å². The molecule has 5 N–H and O–H groups in total. The van der Waals surface area contributed by atoms with E-state index in [4.69, 9.17) is 28.7 Å². The lowest BCUT2D eigenvalue weighted by molar-refractivity contribution is -0.168. The van der Waals surface area contributed by atoms with Crippen molar-refractivity contribution in [3.63, 3.8) is 0 Å². The second-order valence-electron chi connectivity index (χ2n) is 19.9. The highest BCUT2D eigenvalue weighted by Gasteiger charge is 2.54. The van der Waals surface area contributed by atoms with Gasteiger partial charge in [0.25, 0.3) is 11.7 Å². The number of benzene rings is 1. The fourth-order valence-electron chi connectivity index (χ4n) is 9.72. The molecule has 0 unspecified atom stereocenters. The topological polar surface area (TPSA) is 235 Å². The highest BCUT2D eigenvalue weighted by Crippen LogP contribution is 2.50. The number of aliphatic imine (C=N–C) groups is 1. The number of rotatable bonds is 9. The number of hydrogen-bond acceptors (Lipinski definition) is 17. The number of aliphatic hydroxyl groups is 2. The molecule has 0 radical (unpaired) electrons. The van der Waals surface area contributed by atoms with Crippen LogP contribution in [0.5, 0.6) is 11.5 Å². The van der Waals surface area contributed by atoms with E-state index in [9.17, 15) is 39.3 Å². The third-order valence-electron chi connectivity index (χ3n) is 14.2. The van der Waals surface area contributed by atoms with E-state index < -0.39 is 101 Å². The summed E-state index contributed by atoms with van der Waals surface area (Å²) in [5.41, 5.74) is -0.450. The predicted molar refractivity (Wildman–Crippen MR) is 255 cm³/mol. The first-order valence-electron chi connectivity index (χ1n) is 23.9. The molecule has 5 aliphatic heterocycles. The van der Waals surface area contributed by atoms with E-state index in [1.54, 1.807) is 58.7 Å². The molecule has 1 fully saturated rings. The average molecular weight is 962 g/mol. The van der Waals surface area contributed by atoms with Gasteiger partial charge in [0.05, 0.1) is 47.1 Å². The number of phenols is 1. The van der Waals surface area contributed by atoms with E-state index >= 15 is 0 Å². The number of carbonyl (C=O) groups excluding carboxylic acids is 5. The van der Waals surface area contributed by atoms with Crippen LogP contribution in [-0.4, -0.2) is 143 Å². The molecule has 18 heteroatoms. The Kier molecular flexibility index (Phi) is 16.3. The van der Waals surface area contributed by atoms with Crippen molar-refractivity contribution >= 4 is 35.1 Å². The van der Waals surface area contributed by atoms with Crippen molar-refractivity contribution < 1.29 is 63.0 Å². The smallest absolute Gasteiger partial charge is 0.318 e. The summed E-state index contributed by atoms with van der Waals surface area (Å²) < 4.78 is 29.5. The van der Waals surface area contributed by atoms with Crippen LogP contribution in [0.3, 0.4) is 0 Å². The number of likely N-dealkylation sites (tertiary alicyclic amines) is 1. The van der Waals surface area contributed by atoms with Crippen LogP contribution in [0, 0.1) is 36.5 Å². The van der Waals surface area contributed by atoms with Crippen molar-refractivity contribution in [2.75, 3.05) is 47.1 Å². The number of hydrogen-bond donors (Lipinski definition) is 5. The number of aliphatic hydroxyl groups excluding tert-OH is 2. The highest BCUT2D eigenvalue weighted by molar-refractivity contribution is 6.34. The standard InChI is InChI=1S/C51H71N5O13/c1-13-55(11)25-66-34(57)23-35(58)68-46-29(6)33(65-12)17-22-67-50(10)48(63)38-36-37(44(61)32(9)47(38)69-50)45(62)41(40-39(36)53-51(54-40)18-20-56(21-19-51)24-26(2)3)52-49(64)28(5)16-14-15-27(4)42(59)30(7)43(60)31(46)8/h14-17,22,26-27,29-31,33,42-43,46,54,59-61H,13,18-21,23-25H2,1-12H3,(H,52,64)/b15-14+,22-17+,28-16-/t27-,29+,30+,31+,33-,42-,43+,46+,50-/m0/s1. The number of nitrogens with one attached hydrogen (secondary N) is 2. The first-order chi connectivity index (χ1) is 32.5. The second-order valence-corrected chi connectivity index (χ2v) is 19.9. The van der Waals surface area contributed by atoms with Crippen LogP contribution in [0.15, 0.2) is 52.5 Å². The van der Waals surface area contributed by atoms with Crippen LogP contribution in [0.25, 0.3) is 0 Å². The van der Waals surface area contributed by atoms with Gasteiger partial charge >= 0.3 is 17.7 Å². The number of ether oxygens (including phenoxy) is 5. The lowest BCUT2D eigenvalue weighted by Gasteiger charge is -2.38. The Morgan fingerprint density at radius 3 is 2.29 bits per heavy atom. The lowest BCUT2D eigenvalue weighted by atomic mass is 9.78. The van der Waals surface area contributed by atoms with Gasteiger partial charge in [-0.3, -0.25) is 33.9 Å². The molecule has 5 bridgehead atoms. The molecule has 69 heavy (non-hydrogen) atoms. The minimum atomic E-state index is -2.03. The number of ketones is 2. The van der Waals surface area contributed by atoms with E-state index in [2.05, 4.69) is 29.4 Å². The third kappa shape index (κ3) is 10.8. The monoisotopic (exact) mass is 962 g/mol. The predicted octanol–water partition coefficient (Wildman–Crippen LogP) is 4.44. The van der Waals surface area contributed by atoms with E-state index in [-0.39, 0.29) is 57.4 Å². The molecular formula is C51H71N5O13. The van der Waals surface area contributed by atoms with E-state index in [1.807, 2.05) is 6.92 Å². The summed E-state index contributed by atoms with van der Waals surface area (Å²) in [5.74, 6) is -8.69. The summed E-state index contributed by atoms with van der Waals surface area (Å²) in [4.78, 5) is 79.0. The van der Waals surface area contributed by atoms with Crippen molar-refractivity contribution in [3.8, 4) is 11.5 Å². The van der Waals surface area contributed by atoms with Gasteiger partial charge in [-0.25, -0.2) is 0 Å². The number of carbonyl (C=O) groups is 5. The minimum Gasteiger partial charge on any atom is -0.507 e. The summed E-state index contributed by atoms with van der Waals surface area (Å²) in [5, 5.41) is 41.6. The van der Waals surface area contributed by atoms with Crippen molar-refractivity contribution in [1.82, 2.24) is 20.4 Å². The number of piperidine rings is 1. The SMILES string of the molecule is CCN(C)COC(=O)CC(=O)O[C@H]1[C@H](C)[C@H](O)[C@H](C)[C@@H](O)[C@@H](C)/C=C/C=C(/C)C(=O)NC2=C3NC4(CCN(CC(C)C)CC4)N=C3c3c(c(O)c(C)c4c3C(=O)[C@@](C)(O/C=C/[C@H](OC)[C@H]1C)O4)C2=O. The van der Waals surface area contributed by atoms with Crippen molar-refractivity contribution in [2.45, 2.75) is 124 Å². The molecule has 1 spiro atoms. The Bertz CT molecular complexity index is 2350. The Balaban J connectivity index is 1.43. The maximum Gasteiger partial charge on any atom is 0.318 e. The van der Waals surface area contributed by atoms with Crippen molar-refractivity contribution in [2.24, 2.45) is 34.6 Å². The van der Waals surface area contributed by atoms with Crippen LogP contribution in [0.1, 0.15) is 113 Å². The maximum absolute atomic E-state index is 14.9. The number of methoxy groups -OCH3 is 1. The molecule has 1 aromatic carbocycles. The van der Waals surface area contributed by atoms with E-state index in [1.165, 1.54) is 39.4 Å². The van der Waals surface area contributed by atoms with Crippen LogP contribution < -0.4 is 15.4 Å².